The van der Waals surface area contributed by atoms with E-state index in [0.717, 1.165) is 35.4 Å². The maximum Gasteiger partial charge on any atom is 0.125 e. The van der Waals surface area contributed by atoms with Crippen LogP contribution in [0.25, 0.3) is 0 Å². The van der Waals surface area contributed by atoms with E-state index in [-0.39, 0.29) is 5.82 Å². The quantitative estimate of drug-likeness (QED) is 0.759. The fourth-order valence-electron chi connectivity index (χ4n) is 2.19. The van der Waals surface area contributed by atoms with E-state index in [1.165, 1.54) is 12.1 Å². The van der Waals surface area contributed by atoms with Crippen LogP contribution in [0.15, 0.2) is 72.5 Å². The molecule has 0 unspecified atom stereocenters. The van der Waals surface area contributed by atoms with Crippen LogP contribution in [-0.4, -0.2) is 7.05 Å². The lowest BCUT2D eigenvalue weighted by molar-refractivity contribution is 0.627. The van der Waals surface area contributed by atoms with Crippen LogP contribution in [0.5, 0.6) is 0 Å². The van der Waals surface area contributed by atoms with Gasteiger partial charge in [-0.05, 0) is 36.6 Å². The van der Waals surface area contributed by atoms with Crippen LogP contribution in [0.4, 0.5) is 10.1 Å². The summed E-state index contributed by atoms with van der Waals surface area (Å²) in [5.74, 6) is -0.241. The number of rotatable bonds is 4. The molecule has 0 amide bonds. The van der Waals surface area contributed by atoms with E-state index in [1.807, 2.05) is 24.1 Å². The Bertz CT molecular complexity index is 566. The maximum absolute atomic E-state index is 13.3. The van der Waals surface area contributed by atoms with E-state index in [2.05, 4.69) is 25.3 Å². The average molecular weight is 255 g/mol. The molecule has 0 N–H and O–H groups in total. The number of likely N-dealkylation sites (N-methyl/N-ethyl adjacent to an activating group) is 1. The highest BCUT2D eigenvalue weighted by molar-refractivity contribution is 5.61. The third kappa shape index (κ3) is 2.84. The molecule has 0 radical (unpaired) electrons. The molecule has 1 aliphatic rings. The van der Waals surface area contributed by atoms with Gasteiger partial charge in [0.25, 0.3) is 0 Å². The Morgan fingerprint density at radius 3 is 2.74 bits per heavy atom. The van der Waals surface area contributed by atoms with Crippen LogP contribution < -0.4 is 4.90 Å². The zero-order valence-electron chi connectivity index (χ0n) is 11.2. The zero-order valence-corrected chi connectivity index (χ0v) is 11.2. The summed E-state index contributed by atoms with van der Waals surface area (Å²) >= 11 is 0. The van der Waals surface area contributed by atoms with Crippen LogP contribution in [0.3, 0.4) is 0 Å². The van der Waals surface area contributed by atoms with Crippen molar-refractivity contribution in [3.05, 3.63) is 78.3 Å². The van der Waals surface area contributed by atoms with Crippen molar-refractivity contribution >= 4 is 5.69 Å². The SMILES string of the molecule is C=CC1=CCCC=C1C(=C)N(C)c1cccc(F)c1. The van der Waals surface area contributed by atoms with Crippen molar-refractivity contribution < 1.29 is 4.39 Å². The average Bonchev–Trinajstić information content (AvgIpc) is 2.45. The second kappa shape index (κ2) is 5.70. The van der Waals surface area contributed by atoms with Crippen LogP contribution in [0, 0.1) is 5.82 Å². The topological polar surface area (TPSA) is 3.24 Å². The molecule has 98 valence electrons. The lowest BCUT2D eigenvalue weighted by Gasteiger charge is -2.26. The minimum Gasteiger partial charge on any atom is -0.345 e. The molecular weight excluding hydrogens is 237 g/mol. The standard InChI is InChI=1S/C17H18FN/c1-4-14-8-5-6-11-17(14)13(2)19(3)16-10-7-9-15(18)12-16/h4,7-12H,1-2,5-6H2,3H3. The number of allylic oxidation sites excluding steroid dienone is 4. The van der Waals surface area contributed by atoms with E-state index in [0.29, 0.717) is 0 Å². The van der Waals surface area contributed by atoms with Gasteiger partial charge < -0.3 is 4.90 Å². The third-order valence-corrected chi connectivity index (χ3v) is 3.32. The molecule has 0 heterocycles. The molecule has 19 heavy (non-hydrogen) atoms. The molecule has 1 aromatic rings. The van der Waals surface area contributed by atoms with Gasteiger partial charge in [-0.1, -0.05) is 37.5 Å². The summed E-state index contributed by atoms with van der Waals surface area (Å²) in [6.07, 6.45) is 8.20. The highest BCUT2D eigenvalue weighted by atomic mass is 19.1. The van der Waals surface area contributed by atoms with Crippen molar-refractivity contribution in [3.8, 4) is 0 Å². The summed E-state index contributed by atoms with van der Waals surface area (Å²) in [6, 6.07) is 6.52. The molecule has 0 atom stereocenters. The third-order valence-electron chi connectivity index (χ3n) is 3.32. The maximum atomic E-state index is 13.3. The van der Waals surface area contributed by atoms with Crippen molar-refractivity contribution in [2.75, 3.05) is 11.9 Å². The minimum atomic E-state index is -0.241. The Hall–Kier alpha value is -2.09. The molecule has 2 rings (SSSR count). The van der Waals surface area contributed by atoms with Gasteiger partial charge in [0, 0.05) is 24.0 Å². The molecule has 0 aromatic heterocycles. The molecule has 1 aliphatic carbocycles. The second-order valence-electron chi connectivity index (χ2n) is 4.54. The summed E-state index contributed by atoms with van der Waals surface area (Å²) < 4.78 is 13.3. The fraction of sp³-hybridized carbons (Fsp3) is 0.176. The van der Waals surface area contributed by atoms with Gasteiger partial charge in [-0.15, -0.1) is 0 Å². The molecule has 1 aromatic carbocycles. The van der Waals surface area contributed by atoms with Gasteiger partial charge in [0.2, 0.25) is 0 Å². The lowest BCUT2D eigenvalue weighted by Crippen LogP contribution is -2.18. The van der Waals surface area contributed by atoms with Gasteiger partial charge in [-0.3, -0.25) is 0 Å². The van der Waals surface area contributed by atoms with Crippen molar-refractivity contribution in [2.24, 2.45) is 0 Å². The largest absolute Gasteiger partial charge is 0.345 e. The molecule has 0 saturated heterocycles. The van der Waals surface area contributed by atoms with E-state index in [4.69, 9.17) is 0 Å². The highest BCUT2D eigenvalue weighted by Gasteiger charge is 2.14. The number of nitrogens with zero attached hydrogens (tertiary/aromatic N) is 1. The first-order valence-electron chi connectivity index (χ1n) is 6.35. The first-order chi connectivity index (χ1) is 9.13. The van der Waals surface area contributed by atoms with E-state index < -0.39 is 0 Å². The predicted octanol–water partition coefficient (Wildman–Crippen LogP) is 4.61. The molecule has 1 nitrogen and oxygen atoms in total. The van der Waals surface area contributed by atoms with Gasteiger partial charge in [0.05, 0.1) is 0 Å². The van der Waals surface area contributed by atoms with Gasteiger partial charge in [-0.2, -0.15) is 0 Å². The summed E-state index contributed by atoms with van der Waals surface area (Å²) in [4.78, 5) is 1.90. The molecular formula is C17H18FN. The second-order valence-corrected chi connectivity index (χ2v) is 4.54. The van der Waals surface area contributed by atoms with E-state index >= 15 is 0 Å². The highest BCUT2D eigenvalue weighted by Crippen LogP contribution is 2.29. The Balaban J connectivity index is 2.27. The summed E-state index contributed by atoms with van der Waals surface area (Å²) in [7, 11) is 1.90. The van der Waals surface area contributed by atoms with Gasteiger partial charge in [0.1, 0.15) is 5.82 Å². The normalized spacial score (nSPS) is 14.4. The monoisotopic (exact) mass is 255 g/mol. The predicted molar refractivity (Wildman–Crippen MR) is 79.5 cm³/mol. The zero-order chi connectivity index (χ0) is 13.8. The molecule has 0 fully saturated rings. The molecule has 0 saturated carbocycles. The van der Waals surface area contributed by atoms with Crippen LogP contribution in [-0.2, 0) is 0 Å². The first-order valence-corrected chi connectivity index (χ1v) is 6.35. The Morgan fingerprint density at radius 2 is 2.05 bits per heavy atom. The Morgan fingerprint density at radius 1 is 1.32 bits per heavy atom. The van der Waals surface area contributed by atoms with Crippen molar-refractivity contribution in [3.63, 3.8) is 0 Å². The smallest absolute Gasteiger partial charge is 0.125 e. The number of anilines is 1. The summed E-state index contributed by atoms with van der Waals surface area (Å²) in [6.45, 7) is 7.96. The number of hydrogen-bond acceptors (Lipinski definition) is 1. The van der Waals surface area contributed by atoms with Crippen molar-refractivity contribution in [1.82, 2.24) is 0 Å². The van der Waals surface area contributed by atoms with Gasteiger partial charge in [0.15, 0.2) is 0 Å². The lowest BCUT2D eigenvalue weighted by atomic mass is 9.95. The first kappa shape index (κ1) is 13.3. The molecule has 2 heteroatoms. The number of benzene rings is 1. The fourth-order valence-corrected chi connectivity index (χ4v) is 2.19. The van der Waals surface area contributed by atoms with Gasteiger partial charge in [-0.25, -0.2) is 4.39 Å². The van der Waals surface area contributed by atoms with E-state index in [1.54, 1.807) is 6.07 Å². The summed E-state index contributed by atoms with van der Waals surface area (Å²) in [5.41, 5.74) is 3.82. The minimum absolute atomic E-state index is 0.241. The van der Waals surface area contributed by atoms with Crippen molar-refractivity contribution in [2.45, 2.75) is 12.8 Å². The van der Waals surface area contributed by atoms with Crippen LogP contribution in [0.1, 0.15) is 12.8 Å². The van der Waals surface area contributed by atoms with Crippen LogP contribution in [0.2, 0.25) is 0 Å². The van der Waals surface area contributed by atoms with Crippen LogP contribution >= 0.6 is 0 Å². The van der Waals surface area contributed by atoms with Crippen molar-refractivity contribution in [1.29, 1.82) is 0 Å². The Kier molecular flexibility index (Phi) is 4.00. The number of halogens is 1. The number of hydrogen-bond donors (Lipinski definition) is 0. The molecule has 0 aliphatic heterocycles. The van der Waals surface area contributed by atoms with Gasteiger partial charge >= 0.3 is 0 Å². The molecule has 0 spiro atoms. The summed E-state index contributed by atoms with van der Waals surface area (Å²) in [5, 5.41) is 0. The molecule has 0 bridgehead atoms. The van der Waals surface area contributed by atoms with E-state index in [9.17, 15) is 4.39 Å². The Labute approximate surface area is 114 Å².